The van der Waals surface area contributed by atoms with Crippen LogP contribution in [-0.4, -0.2) is 69.7 Å². The van der Waals surface area contributed by atoms with Gasteiger partial charge in [0.1, 0.15) is 0 Å². The molecule has 1 heterocycles. The van der Waals surface area contributed by atoms with Gasteiger partial charge in [-0.1, -0.05) is 13.3 Å². The van der Waals surface area contributed by atoms with Gasteiger partial charge in [0.05, 0.1) is 6.26 Å². The number of hydrogen-bond acceptors (Lipinski definition) is 4. The van der Waals surface area contributed by atoms with E-state index in [0.29, 0.717) is 25.0 Å². The van der Waals surface area contributed by atoms with Gasteiger partial charge in [-0.15, -0.1) is 0 Å². The van der Waals surface area contributed by atoms with E-state index in [1.54, 1.807) is 4.31 Å². The summed E-state index contributed by atoms with van der Waals surface area (Å²) in [6.45, 7) is 6.44. The first-order chi connectivity index (χ1) is 9.94. The van der Waals surface area contributed by atoms with Gasteiger partial charge >= 0.3 is 0 Å². The molecular weight excluding hydrogens is 286 g/mol. The molecule has 0 radical (unpaired) electrons. The Morgan fingerprint density at radius 2 is 1.81 bits per heavy atom. The van der Waals surface area contributed by atoms with E-state index in [1.165, 1.54) is 31.9 Å². The lowest BCUT2D eigenvalue weighted by molar-refractivity contribution is 0.115. The van der Waals surface area contributed by atoms with E-state index in [4.69, 9.17) is 0 Å². The van der Waals surface area contributed by atoms with Crippen LogP contribution >= 0.6 is 0 Å². The molecule has 5 nitrogen and oxygen atoms in total. The van der Waals surface area contributed by atoms with Crippen molar-refractivity contribution in [3.63, 3.8) is 0 Å². The highest BCUT2D eigenvalue weighted by molar-refractivity contribution is 7.88. The van der Waals surface area contributed by atoms with Crippen molar-refractivity contribution >= 4 is 10.0 Å². The van der Waals surface area contributed by atoms with Crippen LogP contribution in [0.1, 0.15) is 32.6 Å². The van der Waals surface area contributed by atoms with Gasteiger partial charge in [0, 0.05) is 38.8 Å². The van der Waals surface area contributed by atoms with Gasteiger partial charge in [0.25, 0.3) is 0 Å². The standard InChI is InChI=1S/C15H31N3O2S/c1-4-13-5-6-15(16-2)14(11-13)12-17-7-9-18(10-8-17)21(3,19)20/h13-16H,4-12H2,1-3H3. The highest BCUT2D eigenvalue weighted by Gasteiger charge is 2.31. The average molecular weight is 317 g/mol. The van der Waals surface area contributed by atoms with Crippen LogP contribution in [0.3, 0.4) is 0 Å². The molecule has 1 saturated carbocycles. The predicted molar refractivity (Wildman–Crippen MR) is 86.8 cm³/mol. The topological polar surface area (TPSA) is 52.6 Å². The van der Waals surface area contributed by atoms with Crippen LogP contribution in [0.4, 0.5) is 0 Å². The lowest BCUT2D eigenvalue weighted by atomic mass is 9.76. The van der Waals surface area contributed by atoms with E-state index in [9.17, 15) is 8.42 Å². The second-order valence-electron chi connectivity index (χ2n) is 6.71. The second kappa shape index (κ2) is 7.40. The van der Waals surface area contributed by atoms with Crippen LogP contribution < -0.4 is 5.32 Å². The van der Waals surface area contributed by atoms with E-state index in [0.717, 1.165) is 25.6 Å². The quantitative estimate of drug-likeness (QED) is 0.821. The minimum absolute atomic E-state index is 0.626. The molecule has 1 N–H and O–H groups in total. The normalized spacial score (nSPS) is 33.2. The average Bonchev–Trinajstić information content (AvgIpc) is 2.46. The Kier molecular flexibility index (Phi) is 6.05. The van der Waals surface area contributed by atoms with E-state index in [-0.39, 0.29) is 0 Å². The first-order valence-electron chi connectivity index (χ1n) is 8.28. The number of hydrogen-bond donors (Lipinski definition) is 1. The molecular formula is C15H31N3O2S. The highest BCUT2D eigenvalue weighted by atomic mass is 32.2. The smallest absolute Gasteiger partial charge is 0.211 e. The zero-order valence-electron chi connectivity index (χ0n) is 13.7. The lowest BCUT2D eigenvalue weighted by Gasteiger charge is -2.41. The fourth-order valence-corrected chi connectivity index (χ4v) is 4.72. The Morgan fingerprint density at radius 1 is 1.14 bits per heavy atom. The highest BCUT2D eigenvalue weighted by Crippen LogP contribution is 2.32. The summed E-state index contributed by atoms with van der Waals surface area (Å²) in [5.74, 6) is 1.58. The summed E-state index contributed by atoms with van der Waals surface area (Å²) in [4.78, 5) is 2.45. The molecule has 1 aliphatic heterocycles. The zero-order valence-corrected chi connectivity index (χ0v) is 14.5. The van der Waals surface area contributed by atoms with Gasteiger partial charge in [-0.25, -0.2) is 8.42 Å². The van der Waals surface area contributed by atoms with Gasteiger partial charge in [0.15, 0.2) is 0 Å². The van der Waals surface area contributed by atoms with Crippen LogP contribution in [0.5, 0.6) is 0 Å². The maximum absolute atomic E-state index is 11.6. The molecule has 6 heteroatoms. The van der Waals surface area contributed by atoms with Crippen LogP contribution in [0.2, 0.25) is 0 Å². The van der Waals surface area contributed by atoms with Gasteiger partial charge in [-0.2, -0.15) is 4.31 Å². The van der Waals surface area contributed by atoms with Crippen molar-refractivity contribution in [2.24, 2.45) is 11.8 Å². The number of rotatable bonds is 5. The Balaban J connectivity index is 1.86. The van der Waals surface area contributed by atoms with E-state index in [1.807, 2.05) is 0 Å². The van der Waals surface area contributed by atoms with Gasteiger partial charge < -0.3 is 10.2 Å². The Morgan fingerprint density at radius 3 is 2.33 bits per heavy atom. The second-order valence-corrected chi connectivity index (χ2v) is 8.69. The third-order valence-electron chi connectivity index (χ3n) is 5.33. The molecule has 1 aliphatic carbocycles. The molecule has 0 aromatic heterocycles. The van der Waals surface area contributed by atoms with Crippen molar-refractivity contribution in [1.82, 2.24) is 14.5 Å². The molecule has 2 aliphatic rings. The molecule has 21 heavy (non-hydrogen) atoms. The molecule has 0 bridgehead atoms. The van der Waals surface area contributed by atoms with Crippen LogP contribution in [0.15, 0.2) is 0 Å². The molecule has 0 spiro atoms. The van der Waals surface area contributed by atoms with Crippen molar-refractivity contribution < 1.29 is 8.42 Å². The Labute approximate surface area is 130 Å². The maximum atomic E-state index is 11.6. The predicted octanol–water partition coefficient (Wildman–Crippen LogP) is 0.978. The van der Waals surface area contributed by atoms with Crippen LogP contribution in [0.25, 0.3) is 0 Å². The SMILES string of the molecule is CCC1CCC(NC)C(CN2CCN(S(C)(=O)=O)CC2)C1. The van der Waals surface area contributed by atoms with E-state index in [2.05, 4.69) is 24.2 Å². The Hall–Kier alpha value is -0.170. The van der Waals surface area contributed by atoms with Gasteiger partial charge in [-0.3, -0.25) is 0 Å². The Bertz CT molecular complexity index is 419. The van der Waals surface area contributed by atoms with Crippen molar-refractivity contribution in [3.8, 4) is 0 Å². The monoisotopic (exact) mass is 317 g/mol. The lowest BCUT2D eigenvalue weighted by Crippen LogP contribution is -2.52. The maximum Gasteiger partial charge on any atom is 0.211 e. The molecule has 2 rings (SSSR count). The summed E-state index contributed by atoms with van der Waals surface area (Å²) in [6.07, 6.45) is 6.54. The summed E-state index contributed by atoms with van der Waals surface area (Å²) in [5.41, 5.74) is 0. The first kappa shape index (κ1) is 17.2. The molecule has 1 saturated heterocycles. The molecule has 124 valence electrons. The van der Waals surface area contributed by atoms with Gasteiger partial charge in [0.2, 0.25) is 10.0 Å². The van der Waals surface area contributed by atoms with Crippen molar-refractivity contribution in [3.05, 3.63) is 0 Å². The first-order valence-corrected chi connectivity index (χ1v) is 10.1. The van der Waals surface area contributed by atoms with E-state index >= 15 is 0 Å². The van der Waals surface area contributed by atoms with E-state index < -0.39 is 10.0 Å². The fourth-order valence-electron chi connectivity index (χ4n) is 3.89. The number of nitrogens with zero attached hydrogens (tertiary/aromatic N) is 2. The summed E-state index contributed by atoms with van der Waals surface area (Å²) in [6, 6.07) is 0.626. The summed E-state index contributed by atoms with van der Waals surface area (Å²) < 4.78 is 24.7. The van der Waals surface area contributed by atoms with Crippen LogP contribution in [-0.2, 0) is 10.0 Å². The number of piperazine rings is 1. The summed E-state index contributed by atoms with van der Waals surface area (Å²) >= 11 is 0. The third-order valence-corrected chi connectivity index (χ3v) is 6.64. The molecule has 0 amide bonds. The van der Waals surface area contributed by atoms with Gasteiger partial charge in [-0.05, 0) is 38.1 Å². The number of sulfonamides is 1. The minimum atomic E-state index is -3.02. The number of nitrogens with one attached hydrogen (secondary N) is 1. The zero-order chi connectivity index (χ0) is 15.5. The largest absolute Gasteiger partial charge is 0.317 e. The van der Waals surface area contributed by atoms with Crippen molar-refractivity contribution in [2.45, 2.75) is 38.6 Å². The third kappa shape index (κ3) is 4.65. The van der Waals surface area contributed by atoms with Crippen molar-refractivity contribution in [1.29, 1.82) is 0 Å². The molecule has 2 fully saturated rings. The molecule has 0 aromatic carbocycles. The summed E-state index contributed by atoms with van der Waals surface area (Å²) in [7, 11) is -0.941. The van der Waals surface area contributed by atoms with Crippen molar-refractivity contribution in [2.75, 3.05) is 46.0 Å². The molecule has 3 unspecified atom stereocenters. The fraction of sp³-hybridized carbons (Fsp3) is 1.00. The molecule has 0 aromatic rings. The molecule has 3 atom stereocenters. The minimum Gasteiger partial charge on any atom is -0.317 e. The summed E-state index contributed by atoms with van der Waals surface area (Å²) in [5, 5.41) is 3.49. The van der Waals surface area contributed by atoms with Crippen LogP contribution in [0, 0.1) is 11.8 Å².